The van der Waals surface area contributed by atoms with Gasteiger partial charge < -0.3 is 19.5 Å². The Balaban J connectivity index is 2.78. The molecule has 2 unspecified atom stereocenters. The summed E-state index contributed by atoms with van der Waals surface area (Å²) in [7, 11) is 0. The van der Waals surface area contributed by atoms with Gasteiger partial charge >= 0.3 is 18.2 Å². The number of carboxylic acids is 1. The van der Waals surface area contributed by atoms with Crippen LogP contribution in [0, 0.1) is 0 Å². The van der Waals surface area contributed by atoms with Crippen LogP contribution in [0.3, 0.4) is 0 Å². The number of nitrogens with zero attached hydrogens (tertiary/aromatic N) is 1. The van der Waals surface area contributed by atoms with Crippen molar-refractivity contribution in [3.8, 4) is 0 Å². The zero-order valence-electron chi connectivity index (χ0n) is 9.72. The Bertz CT molecular complexity index is 371. The van der Waals surface area contributed by atoms with E-state index >= 15 is 0 Å². The quantitative estimate of drug-likeness (QED) is 0.783. The van der Waals surface area contributed by atoms with Crippen molar-refractivity contribution in [1.29, 1.82) is 0 Å². The number of carboxylic acid groups (broad SMARTS) is 1. The fourth-order valence-corrected chi connectivity index (χ4v) is 1.45. The van der Waals surface area contributed by atoms with E-state index in [0.29, 0.717) is 4.90 Å². The van der Waals surface area contributed by atoms with Crippen LogP contribution < -0.4 is 0 Å². The number of hydrogen-bond donors (Lipinski definition) is 1. The molecule has 19 heavy (non-hydrogen) atoms. The van der Waals surface area contributed by atoms with Crippen LogP contribution in [0.1, 0.15) is 0 Å². The van der Waals surface area contributed by atoms with Gasteiger partial charge in [-0.25, -0.2) is 9.59 Å². The van der Waals surface area contributed by atoms with Crippen molar-refractivity contribution in [1.82, 2.24) is 4.90 Å². The second-order valence-corrected chi connectivity index (χ2v) is 3.76. The molecule has 0 spiro atoms. The van der Waals surface area contributed by atoms with Crippen LogP contribution in [0.15, 0.2) is 12.7 Å². The molecule has 6 nitrogen and oxygen atoms in total. The average Bonchev–Trinajstić information content (AvgIpc) is 2.34. The van der Waals surface area contributed by atoms with Gasteiger partial charge in [0, 0.05) is 0 Å². The molecule has 1 fully saturated rings. The number of carbonyl (C=O) groups excluding carboxylic acids is 1. The highest BCUT2D eigenvalue weighted by Gasteiger charge is 2.48. The minimum absolute atomic E-state index is 0.176. The number of amides is 1. The molecular formula is C10H12F3NO5. The first-order valence-electron chi connectivity index (χ1n) is 5.23. The Kier molecular flexibility index (Phi) is 4.76. The predicted octanol–water partition coefficient (Wildman–Crippen LogP) is 1.03. The van der Waals surface area contributed by atoms with Gasteiger partial charge in [-0.3, -0.25) is 0 Å². The molecule has 1 rings (SSSR count). The van der Waals surface area contributed by atoms with Crippen LogP contribution in [0.25, 0.3) is 0 Å². The van der Waals surface area contributed by atoms with Gasteiger partial charge in [0.05, 0.1) is 13.1 Å². The average molecular weight is 283 g/mol. The van der Waals surface area contributed by atoms with Crippen molar-refractivity contribution in [2.45, 2.75) is 18.4 Å². The molecule has 1 heterocycles. The van der Waals surface area contributed by atoms with Gasteiger partial charge in [-0.05, 0) is 0 Å². The predicted molar refractivity (Wildman–Crippen MR) is 55.5 cm³/mol. The van der Waals surface area contributed by atoms with Crippen molar-refractivity contribution in [3.63, 3.8) is 0 Å². The minimum Gasteiger partial charge on any atom is -0.479 e. The zero-order valence-corrected chi connectivity index (χ0v) is 9.72. The van der Waals surface area contributed by atoms with Gasteiger partial charge in [0.1, 0.15) is 6.61 Å². The number of alkyl halides is 3. The van der Waals surface area contributed by atoms with Crippen LogP contribution in [0.2, 0.25) is 0 Å². The number of aliphatic carboxylic acids is 1. The molecule has 108 valence electrons. The molecule has 1 saturated heterocycles. The lowest BCUT2D eigenvalue weighted by Gasteiger charge is -2.36. The first-order valence-corrected chi connectivity index (χ1v) is 5.23. The molecule has 0 aromatic carbocycles. The number of rotatable bonds is 3. The molecule has 0 bridgehead atoms. The van der Waals surface area contributed by atoms with E-state index < -0.39 is 43.5 Å². The summed E-state index contributed by atoms with van der Waals surface area (Å²) in [6.07, 6.45) is -8.64. The lowest BCUT2D eigenvalue weighted by Crippen LogP contribution is -2.56. The monoisotopic (exact) mass is 283 g/mol. The Morgan fingerprint density at radius 1 is 1.47 bits per heavy atom. The highest BCUT2D eigenvalue weighted by molar-refractivity contribution is 5.75. The lowest BCUT2D eigenvalue weighted by atomic mass is 10.2. The van der Waals surface area contributed by atoms with Crippen molar-refractivity contribution in [2.24, 2.45) is 0 Å². The highest BCUT2D eigenvalue weighted by atomic mass is 19.4. The zero-order chi connectivity index (χ0) is 14.6. The maximum Gasteiger partial charge on any atom is 0.416 e. The van der Waals surface area contributed by atoms with Gasteiger partial charge in [0.2, 0.25) is 0 Å². The maximum atomic E-state index is 12.6. The molecule has 0 aromatic heterocycles. The van der Waals surface area contributed by atoms with Crippen LogP contribution in [0.5, 0.6) is 0 Å². The Hall–Kier alpha value is -1.77. The molecule has 1 N–H and O–H groups in total. The molecule has 1 aliphatic heterocycles. The number of ether oxygens (including phenoxy) is 2. The summed E-state index contributed by atoms with van der Waals surface area (Å²) in [5, 5.41) is 8.71. The largest absolute Gasteiger partial charge is 0.479 e. The van der Waals surface area contributed by atoms with E-state index in [9.17, 15) is 22.8 Å². The number of carbonyl (C=O) groups is 2. The third-order valence-corrected chi connectivity index (χ3v) is 2.32. The molecule has 0 aromatic rings. The molecular weight excluding hydrogens is 271 g/mol. The van der Waals surface area contributed by atoms with Crippen LogP contribution >= 0.6 is 0 Å². The summed E-state index contributed by atoms with van der Waals surface area (Å²) < 4.78 is 46.6. The van der Waals surface area contributed by atoms with Crippen molar-refractivity contribution < 1.29 is 37.3 Å². The Morgan fingerprint density at radius 3 is 2.58 bits per heavy atom. The third-order valence-electron chi connectivity index (χ3n) is 2.32. The number of hydrogen-bond acceptors (Lipinski definition) is 4. The van der Waals surface area contributed by atoms with E-state index in [0.717, 1.165) is 0 Å². The molecule has 1 aliphatic rings. The minimum atomic E-state index is -4.76. The maximum absolute atomic E-state index is 12.6. The van der Waals surface area contributed by atoms with E-state index in [1.807, 2.05) is 0 Å². The van der Waals surface area contributed by atoms with Gasteiger partial charge in [0.15, 0.2) is 12.2 Å². The smallest absolute Gasteiger partial charge is 0.416 e. The summed E-state index contributed by atoms with van der Waals surface area (Å²) in [5.74, 6) is -1.57. The normalized spacial score (nSPS) is 23.8. The molecule has 0 radical (unpaired) electrons. The summed E-state index contributed by atoms with van der Waals surface area (Å²) in [5.41, 5.74) is 0. The van der Waals surface area contributed by atoms with E-state index in [2.05, 4.69) is 16.1 Å². The number of halogens is 3. The van der Waals surface area contributed by atoms with Gasteiger partial charge in [-0.2, -0.15) is 13.2 Å². The summed E-state index contributed by atoms with van der Waals surface area (Å²) in [6.45, 7) is 1.80. The Labute approximate surface area is 106 Å². The standard InChI is InChI=1S/C10H12F3NO5/c1-2-3-18-9(17)14-4-6(8(15)16)19-7(5-14)10(11,12)13/h2,6-7H,1,3-5H2,(H,15,16). The van der Waals surface area contributed by atoms with Crippen LogP contribution in [-0.4, -0.2) is 60.1 Å². The van der Waals surface area contributed by atoms with E-state index in [4.69, 9.17) is 5.11 Å². The highest BCUT2D eigenvalue weighted by Crippen LogP contribution is 2.28. The van der Waals surface area contributed by atoms with Crippen LogP contribution in [0.4, 0.5) is 18.0 Å². The molecule has 0 aliphatic carbocycles. The van der Waals surface area contributed by atoms with Gasteiger partial charge in [-0.1, -0.05) is 12.7 Å². The van der Waals surface area contributed by atoms with Crippen LogP contribution in [-0.2, 0) is 14.3 Å². The summed E-state index contributed by atoms with van der Waals surface area (Å²) in [4.78, 5) is 22.8. The topological polar surface area (TPSA) is 76.1 Å². The summed E-state index contributed by atoms with van der Waals surface area (Å²) >= 11 is 0. The first-order chi connectivity index (χ1) is 8.75. The third kappa shape index (κ3) is 4.12. The SMILES string of the molecule is C=CCOC(=O)N1CC(C(=O)O)OC(C(F)(F)F)C1. The molecule has 9 heteroatoms. The van der Waals surface area contributed by atoms with E-state index in [1.165, 1.54) is 6.08 Å². The number of morpholine rings is 1. The van der Waals surface area contributed by atoms with Gasteiger partial charge in [0.25, 0.3) is 0 Å². The van der Waals surface area contributed by atoms with Crippen molar-refractivity contribution in [3.05, 3.63) is 12.7 Å². The second-order valence-electron chi connectivity index (χ2n) is 3.76. The Morgan fingerprint density at radius 2 is 2.11 bits per heavy atom. The van der Waals surface area contributed by atoms with E-state index in [1.54, 1.807) is 0 Å². The van der Waals surface area contributed by atoms with Crippen molar-refractivity contribution in [2.75, 3.05) is 19.7 Å². The van der Waals surface area contributed by atoms with Gasteiger partial charge in [-0.15, -0.1) is 0 Å². The summed E-state index contributed by atoms with van der Waals surface area (Å²) in [6, 6.07) is 0. The molecule has 1 amide bonds. The molecule has 0 saturated carbocycles. The molecule has 2 atom stereocenters. The second kappa shape index (κ2) is 5.91. The van der Waals surface area contributed by atoms with E-state index in [-0.39, 0.29) is 6.61 Å². The fraction of sp³-hybridized carbons (Fsp3) is 0.600. The van der Waals surface area contributed by atoms with Crippen molar-refractivity contribution >= 4 is 12.1 Å². The lowest BCUT2D eigenvalue weighted by molar-refractivity contribution is -0.250. The first kappa shape index (κ1) is 15.3. The fourth-order valence-electron chi connectivity index (χ4n) is 1.45.